The number of Topliss-reactive ketones (excluding diaryl/α,β-unsaturated/α-hetero) is 1. The number of nitrogens with one attached hydrogen (secondary N) is 1. The second-order valence-electron chi connectivity index (χ2n) is 10.2. The summed E-state index contributed by atoms with van der Waals surface area (Å²) in [4.78, 5) is 36.2. The predicted molar refractivity (Wildman–Crippen MR) is 141 cm³/mol. The van der Waals surface area contributed by atoms with Gasteiger partial charge in [0.25, 0.3) is 11.6 Å². The molecular formula is C28H28N4O7. The molecule has 11 heteroatoms. The zero-order valence-corrected chi connectivity index (χ0v) is 22.0. The molecule has 0 bridgehead atoms. The van der Waals surface area contributed by atoms with Crippen LogP contribution >= 0.6 is 0 Å². The zero-order chi connectivity index (χ0) is 28.5. The summed E-state index contributed by atoms with van der Waals surface area (Å²) in [5.41, 5.74) is 7.72. The molecule has 1 amide bonds. The zero-order valence-electron chi connectivity index (χ0n) is 22.0. The van der Waals surface area contributed by atoms with E-state index >= 15 is 0 Å². The number of nitrogens with two attached hydrogens (primary N) is 1. The lowest BCUT2D eigenvalue weighted by Crippen LogP contribution is -2.33. The van der Waals surface area contributed by atoms with Crippen LogP contribution in [-0.4, -0.2) is 30.3 Å². The molecule has 2 aromatic rings. The van der Waals surface area contributed by atoms with Crippen LogP contribution in [-0.2, 0) is 14.3 Å². The molecule has 11 nitrogen and oxygen atoms in total. The summed E-state index contributed by atoms with van der Waals surface area (Å²) >= 11 is 0. The molecule has 0 saturated heterocycles. The number of anilines is 1. The maximum Gasteiger partial charge on any atom is 0.271 e. The van der Waals surface area contributed by atoms with E-state index in [0.29, 0.717) is 41.0 Å². The molecule has 3 N–H and O–H groups in total. The largest absolute Gasteiger partial charge is 0.493 e. The summed E-state index contributed by atoms with van der Waals surface area (Å²) in [7, 11) is 1.43. The van der Waals surface area contributed by atoms with Crippen molar-refractivity contribution < 1.29 is 28.7 Å². The lowest BCUT2D eigenvalue weighted by atomic mass is 9.70. The van der Waals surface area contributed by atoms with Crippen LogP contribution in [0.5, 0.6) is 11.5 Å². The molecule has 0 aromatic heterocycles. The second-order valence-corrected chi connectivity index (χ2v) is 10.2. The molecule has 0 spiro atoms. The summed E-state index contributed by atoms with van der Waals surface area (Å²) in [5, 5.41) is 23.5. The van der Waals surface area contributed by atoms with Gasteiger partial charge in [-0.25, -0.2) is 0 Å². The van der Waals surface area contributed by atoms with Crippen LogP contribution < -0.4 is 20.5 Å². The van der Waals surface area contributed by atoms with Crippen LogP contribution in [0.15, 0.2) is 59.2 Å². The fourth-order valence-electron chi connectivity index (χ4n) is 4.79. The number of benzene rings is 2. The lowest BCUT2D eigenvalue weighted by Gasteiger charge is -2.37. The minimum atomic E-state index is -0.731. The van der Waals surface area contributed by atoms with E-state index in [1.807, 2.05) is 13.8 Å². The van der Waals surface area contributed by atoms with Gasteiger partial charge in [0, 0.05) is 30.5 Å². The number of nitro groups is 1. The van der Waals surface area contributed by atoms with Gasteiger partial charge in [0.05, 0.1) is 23.6 Å². The van der Waals surface area contributed by atoms with Gasteiger partial charge in [-0.3, -0.25) is 19.7 Å². The molecule has 39 heavy (non-hydrogen) atoms. The Hall–Kier alpha value is -4.85. The van der Waals surface area contributed by atoms with E-state index in [2.05, 4.69) is 11.4 Å². The summed E-state index contributed by atoms with van der Waals surface area (Å²) in [6, 6.07) is 11.2. The van der Waals surface area contributed by atoms with E-state index in [1.54, 1.807) is 31.2 Å². The Morgan fingerprint density at radius 1 is 1.26 bits per heavy atom. The number of non-ortho nitro benzene ring substituents is 1. The molecule has 1 aliphatic heterocycles. The molecule has 4 rings (SSSR count). The minimum absolute atomic E-state index is 0.0424. The second kappa shape index (κ2) is 10.5. The van der Waals surface area contributed by atoms with Gasteiger partial charge in [-0.05, 0) is 35.6 Å². The van der Waals surface area contributed by atoms with Gasteiger partial charge < -0.3 is 25.3 Å². The van der Waals surface area contributed by atoms with Gasteiger partial charge >= 0.3 is 0 Å². The fraction of sp³-hybridized carbons (Fsp3) is 0.321. The topological polar surface area (TPSA) is 167 Å². The molecule has 0 radical (unpaired) electrons. The molecular weight excluding hydrogens is 504 g/mol. The Bertz CT molecular complexity index is 1480. The lowest BCUT2D eigenvalue weighted by molar-refractivity contribution is -0.384. The third-order valence-electron chi connectivity index (χ3n) is 6.66. The minimum Gasteiger partial charge on any atom is -0.493 e. The monoisotopic (exact) mass is 532 g/mol. The highest BCUT2D eigenvalue weighted by molar-refractivity contribution is 6.00. The van der Waals surface area contributed by atoms with E-state index in [9.17, 15) is 25.0 Å². The molecule has 1 atom stereocenters. The number of carbonyl (C=O) groups is 2. The number of nitro benzene ring substituents is 1. The van der Waals surface area contributed by atoms with Crippen molar-refractivity contribution in [1.82, 2.24) is 0 Å². The Morgan fingerprint density at radius 3 is 2.67 bits per heavy atom. The number of nitrogens with zero attached hydrogens (tertiary/aromatic N) is 2. The van der Waals surface area contributed by atoms with Crippen LogP contribution in [0.3, 0.4) is 0 Å². The van der Waals surface area contributed by atoms with Crippen molar-refractivity contribution >= 4 is 23.1 Å². The van der Waals surface area contributed by atoms with Gasteiger partial charge in [0.2, 0.25) is 5.88 Å². The number of amides is 1. The summed E-state index contributed by atoms with van der Waals surface area (Å²) in [6.07, 6.45) is 0.809. The average molecular weight is 533 g/mol. The highest BCUT2D eigenvalue weighted by atomic mass is 16.6. The van der Waals surface area contributed by atoms with E-state index in [1.165, 1.54) is 19.2 Å². The molecule has 2 aliphatic rings. The van der Waals surface area contributed by atoms with Gasteiger partial charge in [-0.2, -0.15) is 5.26 Å². The number of carbonyl (C=O) groups excluding carboxylic acids is 2. The molecule has 1 aliphatic carbocycles. The number of aryl methyl sites for hydroxylation is 1. The van der Waals surface area contributed by atoms with Gasteiger partial charge in [-0.1, -0.05) is 26.0 Å². The SMILES string of the molecule is COc1cc(C2C(C#N)=C(N)OC3=C2C(=O)CC(C)(C)C3)ccc1OCC(=O)Nc1cc([N+](=O)[O-])ccc1C. The standard InChI is InChI=1S/C28H28N4O7/c1-15-5-7-17(32(35)36)10-19(15)31-24(34)14-38-21-8-6-16(9-22(21)37-4)25-18(13-29)27(30)39-23-12-28(2,3)11-20(33)26(23)25/h5-10,25H,11-12,14,30H2,1-4H3,(H,31,34). The third-order valence-corrected chi connectivity index (χ3v) is 6.66. The maximum atomic E-state index is 13.2. The van der Waals surface area contributed by atoms with Crippen molar-refractivity contribution in [3.8, 4) is 17.6 Å². The average Bonchev–Trinajstić information content (AvgIpc) is 2.87. The van der Waals surface area contributed by atoms with Crippen LogP contribution in [0, 0.1) is 33.8 Å². The first kappa shape index (κ1) is 27.2. The van der Waals surface area contributed by atoms with Crippen molar-refractivity contribution in [2.45, 2.75) is 39.5 Å². The van der Waals surface area contributed by atoms with Crippen molar-refractivity contribution in [3.63, 3.8) is 0 Å². The molecule has 2 aromatic carbocycles. The fourth-order valence-corrected chi connectivity index (χ4v) is 4.79. The number of methoxy groups -OCH3 is 1. The normalized spacial score (nSPS) is 18.0. The molecule has 0 saturated carbocycles. The van der Waals surface area contributed by atoms with Crippen molar-refractivity contribution in [3.05, 3.63) is 80.4 Å². The van der Waals surface area contributed by atoms with E-state index in [-0.39, 0.29) is 39.8 Å². The number of nitriles is 1. The van der Waals surface area contributed by atoms with Crippen LogP contribution in [0.1, 0.15) is 43.7 Å². The maximum absolute atomic E-state index is 13.2. The smallest absolute Gasteiger partial charge is 0.271 e. The first-order valence-corrected chi connectivity index (χ1v) is 12.1. The summed E-state index contributed by atoms with van der Waals surface area (Å²) in [5.74, 6) is -0.421. The first-order chi connectivity index (χ1) is 18.4. The van der Waals surface area contributed by atoms with Gasteiger partial charge in [-0.15, -0.1) is 0 Å². The Morgan fingerprint density at radius 2 is 2.00 bits per heavy atom. The van der Waals surface area contributed by atoms with E-state index < -0.39 is 23.4 Å². The number of hydrogen-bond donors (Lipinski definition) is 2. The van der Waals surface area contributed by atoms with Crippen LogP contribution in [0.4, 0.5) is 11.4 Å². The molecule has 1 unspecified atom stereocenters. The summed E-state index contributed by atoms with van der Waals surface area (Å²) < 4.78 is 16.9. The number of ketones is 1. The first-order valence-electron chi connectivity index (χ1n) is 12.1. The quantitative estimate of drug-likeness (QED) is 0.388. The third kappa shape index (κ3) is 5.55. The Balaban J connectivity index is 1.58. The highest BCUT2D eigenvalue weighted by Gasteiger charge is 2.43. The predicted octanol–water partition coefficient (Wildman–Crippen LogP) is 4.38. The van der Waals surface area contributed by atoms with Gasteiger partial charge in [0.1, 0.15) is 17.4 Å². The summed E-state index contributed by atoms with van der Waals surface area (Å²) in [6.45, 7) is 5.26. The molecule has 1 heterocycles. The van der Waals surface area contributed by atoms with Crippen molar-refractivity contribution in [1.29, 1.82) is 5.26 Å². The van der Waals surface area contributed by atoms with E-state index in [4.69, 9.17) is 19.9 Å². The number of hydrogen-bond acceptors (Lipinski definition) is 9. The molecule has 0 fully saturated rings. The van der Waals surface area contributed by atoms with Crippen LogP contribution in [0.25, 0.3) is 0 Å². The Kier molecular flexibility index (Phi) is 7.31. The van der Waals surface area contributed by atoms with Crippen molar-refractivity contribution in [2.24, 2.45) is 11.1 Å². The van der Waals surface area contributed by atoms with E-state index in [0.717, 1.165) is 0 Å². The highest BCUT2D eigenvalue weighted by Crippen LogP contribution is 2.48. The van der Waals surface area contributed by atoms with Crippen LogP contribution in [0.2, 0.25) is 0 Å². The number of ether oxygens (including phenoxy) is 3. The molecule has 202 valence electrons. The number of allylic oxidation sites excluding steroid dienone is 3. The van der Waals surface area contributed by atoms with Crippen molar-refractivity contribution in [2.75, 3.05) is 19.0 Å². The van der Waals surface area contributed by atoms with Gasteiger partial charge in [0.15, 0.2) is 23.9 Å². The number of rotatable bonds is 7. The Labute approximate surface area is 225 Å².